The first kappa shape index (κ1) is 14.3. The summed E-state index contributed by atoms with van der Waals surface area (Å²) in [6, 6.07) is 0. The molecule has 4 bridgehead atoms. The van der Waals surface area contributed by atoms with Gasteiger partial charge in [0.05, 0.1) is 10.4 Å². The first-order chi connectivity index (χ1) is 9.37. The van der Waals surface area contributed by atoms with E-state index in [0.717, 1.165) is 17.8 Å². The van der Waals surface area contributed by atoms with Gasteiger partial charge >= 0.3 is 0 Å². The van der Waals surface area contributed by atoms with E-state index in [0.29, 0.717) is 11.4 Å². The molecular formula is C16H26N2OS. The molecule has 0 aromatic rings. The first-order valence-electron chi connectivity index (χ1n) is 7.99. The zero-order chi connectivity index (χ0) is 14.5. The number of thiocarbonyl (C=S) groups is 1. The van der Waals surface area contributed by atoms with Gasteiger partial charge in [-0.3, -0.25) is 4.79 Å². The van der Waals surface area contributed by atoms with Gasteiger partial charge in [0.1, 0.15) is 0 Å². The van der Waals surface area contributed by atoms with Crippen molar-refractivity contribution in [3.05, 3.63) is 0 Å². The molecule has 0 aliphatic heterocycles. The Bertz CT molecular complexity index is 412. The zero-order valence-corrected chi connectivity index (χ0v) is 13.4. The van der Waals surface area contributed by atoms with Gasteiger partial charge in [0.2, 0.25) is 5.91 Å². The third-order valence-corrected chi connectivity index (χ3v) is 6.62. The quantitative estimate of drug-likeness (QED) is 0.784. The Morgan fingerprint density at radius 3 is 2.05 bits per heavy atom. The Balaban J connectivity index is 1.77. The molecule has 0 radical (unpaired) electrons. The molecule has 0 saturated heterocycles. The van der Waals surface area contributed by atoms with Crippen molar-refractivity contribution in [1.29, 1.82) is 0 Å². The summed E-state index contributed by atoms with van der Waals surface area (Å²) < 4.78 is 0. The van der Waals surface area contributed by atoms with Crippen molar-refractivity contribution in [3.8, 4) is 0 Å². The lowest BCUT2D eigenvalue weighted by atomic mass is 9.53. The van der Waals surface area contributed by atoms with E-state index >= 15 is 0 Å². The third kappa shape index (κ3) is 2.16. The second-order valence-electron chi connectivity index (χ2n) is 7.70. The number of nitrogens with two attached hydrogens (primary N) is 1. The lowest BCUT2D eigenvalue weighted by Gasteiger charge is -2.57. The molecule has 1 unspecified atom stereocenters. The van der Waals surface area contributed by atoms with E-state index in [4.69, 9.17) is 18.0 Å². The number of carbonyl (C=O) groups excluding carboxylic acids is 1. The summed E-state index contributed by atoms with van der Waals surface area (Å²) in [6.45, 7) is 3.86. The molecule has 4 rings (SSSR count). The Morgan fingerprint density at radius 2 is 1.70 bits per heavy atom. The van der Waals surface area contributed by atoms with Crippen LogP contribution in [0.25, 0.3) is 0 Å². The Kier molecular flexibility index (Phi) is 3.35. The van der Waals surface area contributed by atoms with Crippen LogP contribution in [0.5, 0.6) is 0 Å². The Labute approximate surface area is 127 Å². The van der Waals surface area contributed by atoms with E-state index in [1.165, 1.54) is 38.5 Å². The maximum absolute atomic E-state index is 12.7. The minimum atomic E-state index is -0.696. The molecule has 4 saturated carbocycles. The fraction of sp³-hybridized carbons (Fsp3) is 0.875. The predicted molar refractivity (Wildman–Crippen MR) is 84.2 cm³/mol. The van der Waals surface area contributed by atoms with Crippen molar-refractivity contribution < 1.29 is 4.79 Å². The molecule has 0 spiro atoms. The van der Waals surface area contributed by atoms with E-state index in [-0.39, 0.29) is 11.4 Å². The van der Waals surface area contributed by atoms with Gasteiger partial charge in [-0.05, 0) is 69.6 Å². The fourth-order valence-corrected chi connectivity index (χ4v) is 5.33. The number of carbonyl (C=O) groups is 1. The second-order valence-corrected chi connectivity index (χ2v) is 8.14. The zero-order valence-electron chi connectivity index (χ0n) is 12.6. The normalized spacial score (nSPS) is 41.2. The standard InChI is InChI=1S/C16H26N2OS/c1-3-15(2,13(17)20)14(19)18-16-7-10-4-11(8-16)6-12(5-10)9-16/h10-12H,3-9H2,1-2H3,(H2,17,20)(H,18,19). The molecule has 0 aromatic carbocycles. The van der Waals surface area contributed by atoms with Gasteiger partial charge in [0.25, 0.3) is 0 Å². The van der Waals surface area contributed by atoms with Crippen molar-refractivity contribution in [3.63, 3.8) is 0 Å². The average Bonchev–Trinajstić information content (AvgIpc) is 2.35. The summed E-state index contributed by atoms with van der Waals surface area (Å²) in [4.78, 5) is 13.1. The van der Waals surface area contributed by atoms with Crippen LogP contribution in [0.1, 0.15) is 58.8 Å². The van der Waals surface area contributed by atoms with Gasteiger partial charge < -0.3 is 11.1 Å². The molecule has 0 heterocycles. The van der Waals surface area contributed by atoms with E-state index in [1.807, 2.05) is 13.8 Å². The predicted octanol–water partition coefficient (Wildman–Crippen LogP) is 2.77. The molecule has 4 aliphatic carbocycles. The van der Waals surface area contributed by atoms with Gasteiger partial charge in [0, 0.05) is 5.54 Å². The summed E-state index contributed by atoms with van der Waals surface area (Å²) in [5.41, 5.74) is 5.17. The third-order valence-electron chi connectivity index (χ3n) is 6.17. The highest BCUT2D eigenvalue weighted by Crippen LogP contribution is 2.55. The average molecular weight is 294 g/mol. The number of amides is 1. The number of hydrogen-bond donors (Lipinski definition) is 2. The Morgan fingerprint density at radius 1 is 1.25 bits per heavy atom. The van der Waals surface area contributed by atoms with Gasteiger partial charge in [-0.15, -0.1) is 0 Å². The van der Waals surface area contributed by atoms with Crippen molar-refractivity contribution in [2.75, 3.05) is 0 Å². The minimum absolute atomic E-state index is 0.0487. The van der Waals surface area contributed by atoms with Crippen LogP contribution in [0.15, 0.2) is 0 Å². The van der Waals surface area contributed by atoms with Crippen LogP contribution in [0.4, 0.5) is 0 Å². The lowest BCUT2D eigenvalue weighted by molar-refractivity contribution is -0.132. The monoisotopic (exact) mass is 294 g/mol. The van der Waals surface area contributed by atoms with E-state index in [1.54, 1.807) is 0 Å². The van der Waals surface area contributed by atoms with Crippen LogP contribution < -0.4 is 11.1 Å². The van der Waals surface area contributed by atoms with Gasteiger partial charge in [0.15, 0.2) is 0 Å². The largest absolute Gasteiger partial charge is 0.392 e. The van der Waals surface area contributed by atoms with Crippen LogP contribution >= 0.6 is 12.2 Å². The van der Waals surface area contributed by atoms with Crippen molar-refractivity contribution >= 4 is 23.1 Å². The highest BCUT2D eigenvalue weighted by molar-refractivity contribution is 7.80. The molecule has 0 aromatic heterocycles. The minimum Gasteiger partial charge on any atom is -0.392 e. The summed E-state index contributed by atoms with van der Waals surface area (Å²) in [5.74, 6) is 2.55. The molecule has 3 nitrogen and oxygen atoms in total. The van der Waals surface area contributed by atoms with E-state index in [9.17, 15) is 4.79 Å². The molecular weight excluding hydrogens is 268 g/mol. The van der Waals surface area contributed by atoms with Crippen molar-refractivity contribution in [2.24, 2.45) is 28.9 Å². The summed E-state index contributed by atoms with van der Waals surface area (Å²) in [5, 5.41) is 3.39. The molecule has 4 heteroatoms. The summed E-state index contributed by atoms with van der Waals surface area (Å²) >= 11 is 5.13. The maximum atomic E-state index is 12.7. The summed E-state index contributed by atoms with van der Waals surface area (Å²) in [6.07, 6.45) is 8.33. The van der Waals surface area contributed by atoms with Crippen LogP contribution in [0.2, 0.25) is 0 Å². The number of hydrogen-bond acceptors (Lipinski definition) is 2. The smallest absolute Gasteiger partial charge is 0.233 e. The van der Waals surface area contributed by atoms with Crippen molar-refractivity contribution in [1.82, 2.24) is 5.32 Å². The molecule has 1 atom stereocenters. The molecule has 20 heavy (non-hydrogen) atoms. The van der Waals surface area contributed by atoms with Crippen LogP contribution in [-0.2, 0) is 4.79 Å². The topological polar surface area (TPSA) is 55.1 Å². The van der Waals surface area contributed by atoms with Crippen LogP contribution in [0, 0.1) is 23.2 Å². The maximum Gasteiger partial charge on any atom is 0.233 e. The van der Waals surface area contributed by atoms with E-state index in [2.05, 4.69) is 5.32 Å². The fourth-order valence-electron chi connectivity index (χ4n) is 5.09. The van der Waals surface area contributed by atoms with Crippen molar-refractivity contribution in [2.45, 2.75) is 64.3 Å². The number of rotatable bonds is 4. The SMILES string of the molecule is CCC(C)(C(=O)NC12CC3CC(CC(C3)C1)C2)C(N)=S. The lowest BCUT2D eigenvalue weighted by Crippen LogP contribution is -2.62. The molecule has 3 N–H and O–H groups in total. The molecule has 4 fully saturated rings. The Hall–Kier alpha value is -0.640. The molecule has 4 aliphatic rings. The van der Waals surface area contributed by atoms with Crippen LogP contribution in [0.3, 0.4) is 0 Å². The molecule has 112 valence electrons. The van der Waals surface area contributed by atoms with Gasteiger partial charge in [-0.2, -0.15) is 0 Å². The summed E-state index contributed by atoms with van der Waals surface area (Å²) in [7, 11) is 0. The first-order valence-corrected chi connectivity index (χ1v) is 8.40. The highest BCUT2D eigenvalue weighted by Gasteiger charge is 2.52. The molecule has 1 amide bonds. The second kappa shape index (κ2) is 4.69. The van der Waals surface area contributed by atoms with E-state index < -0.39 is 5.41 Å². The highest BCUT2D eigenvalue weighted by atomic mass is 32.1. The van der Waals surface area contributed by atoms with Gasteiger partial charge in [-0.25, -0.2) is 0 Å². The number of nitrogens with one attached hydrogen (secondary N) is 1. The van der Waals surface area contributed by atoms with Crippen LogP contribution in [-0.4, -0.2) is 16.4 Å². The van der Waals surface area contributed by atoms with Gasteiger partial charge in [-0.1, -0.05) is 19.1 Å².